The van der Waals surface area contributed by atoms with Crippen LogP contribution >= 0.6 is 0 Å². The number of nitro groups is 1. The van der Waals surface area contributed by atoms with E-state index in [0.29, 0.717) is 0 Å². The lowest BCUT2D eigenvalue weighted by molar-refractivity contribution is -0.384. The minimum atomic E-state index is -4.18. The highest BCUT2D eigenvalue weighted by atomic mass is 32.2. The van der Waals surface area contributed by atoms with Crippen LogP contribution in [0.25, 0.3) is 0 Å². The number of rotatable bonds is 6. The molecule has 8 nitrogen and oxygen atoms in total. The predicted octanol–water partition coefficient (Wildman–Crippen LogP) is 2.18. The summed E-state index contributed by atoms with van der Waals surface area (Å²) in [7, 11) is -4.18. The van der Waals surface area contributed by atoms with Crippen molar-refractivity contribution < 1.29 is 23.2 Å². The number of hydrogen-bond acceptors (Lipinski definition) is 5. The summed E-state index contributed by atoms with van der Waals surface area (Å²) in [5, 5.41) is 19.7. The van der Waals surface area contributed by atoms with Crippen molar-refractivity contribution in [3.8, 4) is 0 Å². The van der Waals surface area contributed by atoms with Gasteiger partial charge in [0.2, 0.25) is 0 Å². The van der Waals surface area contributed by atoms with Gasteiger partial charge in [-0.1, -0.05) is 12.1 Å². The maximum Gasteiger partial charge on any atom is 0.324 e. The molecule has 0 saturated heterocycles. The molecule has 0 bridgehead atoms. The Bertz CT molecular complexity index is 877. The van der Waals surface area contributed by atoms with E-state index in [1.807, 2.05) is 0 Å². The summed E-state index contributed by atoms with van der Waals surface area (Å²) < 4.78 is 26.3. The second-order valence-electron chi connectivity index (χ2n) is 5.00. The summed E-state index contributed by atoms with van der Waals surface area (Å²) in [5.41, 5.74) is 0.715. The highest BCUT2D eigenvalue weighted by Crippen LogP contribution is 2.25. The van der Waals surface area contributed by atoms with Crippen molar-refractivity contribution in [1.29, 1.82) is 0 Å². The number of nitro benzene ring substituents is 1. The number of carboxylic acid groups (broad SMARTS) is 1. The number of non-ortho nitro benzene ring substituents is 1. The fraction of sp³-hybridized carbons (Fsp3) is 0.133. The van der Waals surface area contributed by atoms with Crippen LogP contribution in [0.4, 0.5) is 11.4 Å². The molecule has 0 saturated carbocycles. The zero-order valence-corrected chi connectivity index (χ0v) is 13.4. The van der Waals surface area contributed by atoms with Crippen LogP contribution in [0, 0.1) is 17.0 Å². The largest absolute Gasteiger partial charge is 0.480 e. The first-order valence-corrected chi connectivity index (χ1v) is 8.21. The molecule has 0 fully saturated rings. The smallest absolute Gasteiger partial charge is 0.324 e. The second kappa shape index (κ2) is 6.67. The SMILES string of the molecule is Cc1cccc(N(CC(=O)O)S(=O)(=O)c2ccc([N+](=O)[O-])cc2)c1. The quantitative estimate of drug-likeness (QED) is 0.630. The van der Waals surface area contributed by atoms with Crippen LogP contribution in [0.15, 0.2) is 53.4 Å². The minimum absolute atomic E-state index is 0.204. The summed E-state index contributed by atoms with van der Waals surface area (Å²) in [6.45, 7) is 0.990. The summed E-state index contributed by atoms with van der Waals surface area (Å²) in [5.74, 6) is -1.32. The van der Waals surface area contributed by atoms with Crippen LogP contribution in [-0.2, 0) is 14.8 Å². The second-order valence-corrected chi connectivity index (χ2v) is 6.86. The maximum atomic E-state index is 12.8. The first-order valence-electron chi connectivity index (χ1n) is 6.77. The fourth-order valence-corrected chi connectivity index (χ4v) is 3.49. The summed E-state index contributed by atoms with van der Waals surface area (Å²) in [6.07, 6.45) is 0. The van der Waals surface area contributed by atoms with E-state index < -0.39 is 27.5 Å². The van der Waals surface area contributed by atoms with E-state index in [-0.39, 0.29) is 16.3 Å². The third-order valence-corrected chi connectivity index (χ3v) is 4.99. The Morgan fingerprint density at radius 1 is 1.21 bits per heavy atom. The van der Waals surface area contributed by atoms with Crippen LogP contribution in [0.2, 0.25) is 0 Å². The van der Waals surface area contributed by atoms with Crippen molar-refractivity contribution in [1.82, 2.24) is 0 Å². The van der Waals surface area contributed by atoms with Gasteiger partial charge in [-0.05, 0) is 36.8 Å². The first-order chi connectivity index (χ1) is 11.2. The summed E-state index contributed by atoms with van der Waals surface area (Å²) in [6, 6.07) is 10.7. The van der Waals surface area contributed by atoms with E-state index in [0.717, 1.165) is 34.1 Å². The predicted molar refractivity (Wildman–Crippen MR) is 86.4 cm³/mol. The number of carboxylic acids is 1. The molecule has 2 rings (SSSR count). The zero-order chi connectivity index (χ0) is 17.9. The minimum Gasteiger partial charge on any atom is -0.480 e. The average Bonchev–Trinajstić information content (AvgIpc) is 2.52. The maximum absolute atomic E-state index is 12.8. The van der Waals surface area contributed by atoms with Crippen molar-refractivity contribution in [3.63, 3.8) is 0 Å². The number of anilines is 1. The van der Waals surface area contributed by atoms with Gasteiger partial charge >= 0.3 is 5.97 Å². The molecule has 0 amide bonds. The Hall–Kier alpha value is -2.94. The Labute approximate surface area is 138 Å². The van der Waals surface area contributed by atoms with Gasteiger partial charge in [0, 0.05) is 12.1 Å². The molecule has 126 valence electrons. The van der Waals surface area contributed by atoms with Gasteiger partial charge in [-0.15, -0.1) is 0 Å². The van der Waals surface area contributed by atoms with Gasteiger partial charge < -0.3 is 5.11 Å². The van der Waals surface area contributed by atoms with E-state index in [4.69, 9.17) is 5.11 Å². The number of benzene rings is 2. The van der Waals surface area contributed by atoms with Gasteiger partial charge in [-0.25, -0.2) is 8.42 Å². The van der Waals surface area contributed by atoms with Crippen molar-refractivity contribution in [2.24, 2.45) is 0 Å². The summed E-state index contributed by atoms with van der Waals surface area (Å²) >= 11 is 0. The third-order valence-electron chi connectivity index (χ3n) is 3.20. The molecule has 2 aromatic rings. The Balaban J connectivity index is 2.51. The first kappa shape index (κ1) is 17.4. The topological polar surface area (TPSA) is 118 Å². The van der Waals surface area contributed by atoms with Crippen LogP contribution in [0.5, 0.6) is 0 Å². The lowest BCUT2D eigenvalue weighted by Gasteiger charge is -2.23. The van der Waals surface area contributed by atoms with E-state index in [1.54, 1.807) is 25.1 Å². The average molecular weight is 350 g/mol. The number of aliphatic carboxylic acids is 1. The van der Waals surface area contributed by atoms with E-state index >= 15 is 0 Å². The molecule has 1 N–H and O–H groups in total. The Morgan fingerprint density at radius 2 is 1.83 bits per heavy atom. The van der Waals surface area contributed by atoms with Crippen molar-refractivity contribution in [3.05, 3.63) is 64.2 Å². The van der Waals surface area contributed by atoms with Gasteiger partial charge in [0.1, 0.15) is 6.54 Å². The van der Waals surface area contributed by atoms with E-state index in [2.05, 4.69) is 0 Å². The van der Waals surface area contributed by atoms with Gasteiger partial charge in [-0.2, -0.15) is 0 Å². The molecular formula is C15H14N2O6S. The molecule has 0 unspecified atom stereocenters. The molecule has 0 aliphatic rings. The van der Waals surface area contributed by atoms with Gasteiger partial charge in [0.15, 0.2) is 0 Å². The molecule has 0 atom stereocenters. The molecule has 0 heterocycles. The van der Waals surface area contributed by atoms with Crippen LogP contribution in [0.1, 0.15) is 5.56 Å². The molecule has 2 aromatic carbocycles. The molecule has 0 radical (unpaired) electrons. The van der Waals surface area contributed by atoms with E-state index in [1.165, 1.54) is 6.07 Å². The fourth-order valence-electron chi connectivity index (χ4n) is 2.09. The molecule has 24 heavy (non-hydrogen) atoms. The zero-order valence-electron chi connectivity index (χ0n) is 12.6. The van der Waals surface area contributed by atoms with Gasteiger partial charge in [-0.3, -0.25) is 19.2 Å². The number of nitrogens with zero attached hydrogens (tertiary/aromatic N) is 2. The highest BCUT2D eigenvalue weighted by molar-refractivity contribution is 7.92. The molecular weight excluding hydrogens is 336 g/mol. The van der Waals surface area contributed by atoms with Gasteiger partial charge in [0.05, 0.1) is 15.5 Å². The number of aryl methyl sites for hydroxylation is 1. The van der Waals surface area contributed by atoms with Crippen molar-refractivity contribution in [2.75, 3.05) is 10.8 Å². The lowest BCUT2D eigenvalue weighted by atomic mass is 10.2. The highest BCUT2D eigenvalue weighted by Gasteiger charge is 2.27. The van der Waals surface area contributed by atoms with Crippen molar-refractivity contribution >= 4 is 27.4 Å². The summed E-state index contributed by atoms with van der Waals surface area (Å²) in [4.78, 5) is 20.9. The molecule has 0 aliphatic heterocycles. The van der Waals surface area contributed by atoms with Gasteiger partial charge in [0.25, 0.3) is 15.7 Å². The van der Waals surface area contributed by atoms with Crippen LogP contribution < -0.4 is 4.31 Å². The van der Waals surface area contributed by atoms with Crippen molar-refractivity contribution in [2.45, 2.75) is 11.8 Å². The number of hydrogen-bond donors (Lipinski definition) is 1. The monoisotopic (exact) mass is 350 g/mol. The molecule has 0 aromatic heterocycles. The molecule has 0 spiro atoms. The van der Waals surface area contributed by atoms with Crippen LogP contribution in [-0.4, -0.2) is 31.0 Å². The van der Waals surface area contributed by atoms with Crippen LogP contribution in [0.3, 0.4) is 0 Å². The normalized spacial score (nSPS) is 11.0. The molecule has 9 heteroatoms. The third kappa shape index (κ3) is 3.69. The number of carbonyl (C=O) groups is 1. The molecule has 0 aliphatic carbocycles. The Morgan fingerprint density at radius 3 is 2.33 bits per heavy atom. The Kier molecular flexibility index (Phi) is 4.84. The lowest BCUT2D eigenvalue weighted by Crippen LogP contribution is -2.35. The number of sulfonamides is 1. The van der Waals surface area contributed by atoms with E-state index in [9.17, 15) is 23.3 Å². The standard InChI is InChI=1S/C15H14N2O6S/c1-11-3-2-4-13(9-11)16(10-15(18)19)24(22,23)14-7-5-12(6-8-14)17(20)21/h2-9H,10H2,1H3,(H,18,19).